The Balaban J connectivity index is 1.72. The van der Waals surface area contributed by atoms with Crippen molar-refractivity contribution in [2.75, 3.05) is 6.61 Å². The molecule has 1 heterocycles. The molecule has 4 nitrogen and oxygen atoms in total. The van der Waals surface area contributed by atoms with Crippen LogP contribution in [0, 0.1) is 0 Å². The Labute approximate surface area is 138 Å². The highest BCUT2D eigenvalue weighted by Crippen LogP contribution is 2.24. The summed E-state index contributed by atoms with van der Waals surface area (Å²) < 4.78 is 7.41. The molecule has 0 spiro atoms. The molecule has 3 aromatic rings. The number of carbonyl (C=O) groups is 1. The lowest BCUT2D eigenvalue weighted by molar-refractivity contribution is 0.0935. The van der Waals surface area contributed by atoms with E-state index < -0.39 is 6.10 Å². The van der Waals surface area contributed by atoms with Crippen LogP contribution < -0.4 is 4.74 Å². The van der Waals surface area contributed by atoms with Crippen molar-refractivity contribution in [2.24, 2.45) is 0 Å². The Morgan fingerprint density at radius 1 is 1.17 bits per heavy atom. The first-order valence-electron chi connectivity index (χ1n) is 7.27. The van der Waals surface area contributed by atoms with Gasteiger partial charge in [0, 0.05) is 22.7 Å². The minimum absolute atomic E-state index is 0.118. The van der Waals surface area contributed by atoms with Crippen LogP contribution in [0.1, 0.15) is 10.4 Å². The first-order valence-corrected chi connectivity index (χ1v) is 7.65. The number of aldehydes is 1. The zero-order chi connectivity index (χ0) is 16.2. The number of para-hydroxylation sites is 2. The quantitative estimate of drug-likeness (QED) is 0.704. The molecule has 0 saturated carbocycles. The Morgan fingerprint density at radius 3 is 2.70 bits per heavy atom. The summed E-state index contributed by atoms with van der Waals surface area (Å²) >= 11 is 6.02. The molecule has 1 atom stereocenters. The molecular weight excluding hydrogens is 314 g/mol. The fourth-order valence-electron chi connectivity index (χ4n) is 2.55. The van der Waals surface area contributed by atoms with Crippen LogP contribution in [0.25, 0.3) is 10.9 Å². The molecule has 1 N–H and O–H groups in total. The molecule has 2 aromatic carbocycles. The lowest BCUT2D eigenvalue weighted by Crippen LogP contribution is -2.23. The molecule has 23 heavy (non-hydrogen) atoms. The number of ether oxygens (including phenoxy) is 1. The largest absolute Gasteiger partial charge is 0.489 e. The second kappa shape index (κ2) is 6.86. The lowest BCUT2D eigenvalue weighted by Gasteiger charge is -2.14. The number of carbonyl (C=O) groups excluding carboxylic acids is 1. The van der Waals surface area contributed by atoms with Gasteiger partial charge in [0.25, 0.3) is 0 Å². The molecule has 3 rings (SSSR count). The highest BCUT2D eigenvalue weighted by molar-refractivity contribution is 6.32. The van der Waals surface area contributed by atoms with E-state index >= 15 is 0 Å². The molecule has 1 aromatic heterocycles. The molecule has 0 bridgehead atoms. The summed E-state index contributed by atoms with van der Waals surface area (Å²) in [6.45, 7) is 0.450. The molecule has 0 amide bonds. The number of aliphatic hydroxyl groups is 1. The Bertz CT molecular complexity index is 828. The maximum absolute atomic E-state index is 11.2. The molecule has 0 unspecified atom stereocenters. The number of halogens is 1. The molecule has 0 aliphatic heterocycles. The summed E-state index contributed by atoms with van der Waals surface area (Å²) in [5.74, 6) is 0.541. The molecule has 0 radical (unpaired) electrons. The molecular formula is C18H16ClNO3. The van der Waals surface area contributed by atoms with Crippen molar-refractivity contribution >= 4 is 28.8 Å². The van der Waals surface area contributed by atoms with E-state index in [1.165, 1.54) is 0 Å². The van der Waals surface area contributed by atoms with E-state index in [0.717, 1.165) is 17.2 Å². The van der Waals surface area contributed by atoms with Crippen molar-refractivity contribution in [3.8, 4) is 5.75 Å². The topological polar surface area (TPSA) is 51.5 Å². The van der Waals surface area contributed by atoms with Gasteiger partial charge < -0.3 is 14.4 Å². The first-order chi connectivity index (χ1) is 11.2. The zero-order valence-electron chi connectivity index (χ0n) is 12.4. The summed E-state index contributed by atoms with van der Waals surface area (Å²) in [5.41, 5.74) is 1.52. The molecule has 0 fully saturated rings. The van der Waals surface area contributed by atoms with Crippen LogP contribution in [0.4, 0.5) is 0 Å². The zero-order valence-corrected chi connectivity index (χ0v) is 13.1. The van der Waals surface area contributed by atoms with Crippen LogP contribution in [-0.2, 0) is 6.54 Å². The fourth-order valence-corrected chi connectivity index (χ4v) is 2.74. The normalized spacial score (nSPS) is 12.3. The highest BCUT2D eigenvalue weighted by atomic mass is 35.5. The molecule has 0 saturated heterocycles. The van der Waals surface area contributed by atoms with Crippen LogP contribution in [0.2, 0.25) is 5.02 Å². The third kappa shape index (κ3) is 3.38. The maximum Gasteiger partial charge on any atom is 0.152 e. The van der Waals surface area contributed by atoms with Crippen LogP contribution in [0.3, 0.4) is 0 Å². The van der Waals surface area contributed by atoms with Gasteiger partial charge in [-0.3, -0.25) is 4.79 Å². The van der Waals surface area contributed by atoms with Crippen molar-refractivity contribution in [2.45, 2.75) is 12.6 Å². The summed E-state index contributed by atoms with van der Waals surface area (Å²) in [7, 11) is 0. The monoisotopic (exact) mass is 329 g/mol. The van der Waals surface area contributed by atoms with Crippen molar-refractivity contribution in [3.63, 3.8) is 0 Å². The predicted molar refractivity (Wildman–Crippen MR) is 90.3 cm³/mol. The number of hydrogen-bond acceptors (Lipinski definition) is 3. The molecule has 0 aliphatic carbocycles. The van der Waals surface area contributed by atoms with Crippen LogP contribution >= 0.6 is 11.6 Å². The van der Waals surface area contributed by atoms with E-state index in [0.29, 0.717) is 22.9 Å². The van der Waals surface area contributed by atoms with Gasteiger partial charge in [0.2, 0.25) is 0 Å². The number of hydrogen-bond donors (Lipinski definition) is 1. The Kier molecular flexibility index (Phi) is 4.65. The molecule has 5 heteroatoms. The number of aliphatic hydroxyl groups excluding tert-OH is 1. The van der Waals surface area contributed by atoms with E-state index in [2.05, 4.69) is 0 Å². The minimum Gasteiger partial charge on any atom is -0.489 e. The van der Waals surface area contributed by atoms with E-state index in [9.17, 15) is 9.90 Å². The Morgan fingerprint density at radius 2 is 1.91 bits per heavy atom. The van der Waals surface area contributed by atoms with Gasteiger partial charge >= 0.3 is 0 Å². The van der Waals surface area contributed by atoms with Gasteiger partial charge in [-0.05, 0) is 18.2 Å². The minimum atomic E-state index is -0.721. The van der Waals surface area contributed by atoms with Crippen molar-refractivity contribution in [1.29, 1.82) is 0 Å². The highest BCUT2D eigenvalue weighted by Gasteiger charge is 2.12. The number of nitrogens with zero attached hydrogens (tertiary/aromatic N) is 1. The van der Waals surface area contributed by atoms with E-state index in [1.807, 2.05) is 41.0 Å². The number of fused-ring (bicyclic) bond motifs is 1. The maximum atomic E-state index is 11.2. The summed E-state index contributed by atoms with van der Waals surface area (Å²) in [6.07, 6.45) is 1.85. The second-order valence-corrected chi connectivity index (χ2v) is 5.67. The van der Waals surface area contributed by atoms with Gasteiger partial charge in [0.05, 0.1) is 11.6 Å². The van der Waals surface area contributed by atoms with Crippen LogP contribution in [0.15, 0.2) is 54.7 Å². The fraction of sp³-hybridized carbons (Fsp3) is 0.167. The number of rotatable bonds is 6. The standard InChI is InChI=1S/C18H16ClNO3/c19-16-6-2-4-8-18(16)23-12-14(22)10-20-9-13(11-21)15-5-1-3-7-17(15)20/h1-9,11,14,22H,10,12H2/t14-/m1/s1. The smallest absolute Gasteiger partial charge is 0.152 e. The average Bonchev–Trinajstić information content (AvgIpc) is 2.92. The van der Waals surface area contributed by atoms with E-state index in [4.69, 9.17) is 16.3 Å². The van der Waals surface area contributed by atoms with Crippen molar-refractivity contribution < 1.29 is 14.6 Å². The van der Waals surface area contributed by atoms with Gasteiger partial charge in [-0.2, -0.15) is 0 Å². The third-order valence-electron chi connectivity index (χ3n) is 3.62. The predicted octanol–water partition coefficient (Wildman–Crippen LogP) is 3.55. The average molecular weight is 330 g/mol. The van der Waals surface area contributed by atoms with Crippen LogP contribution in [0.5, 0.6) is 5.75 Å². The Hall–Kier alpha value is -2.30. The van der Waals surface area contributed by atoms with Crippen molar-refractivity contribution in [1.82, 2.24) is 4.57 Å². The van der Waals surface area contributed by atoms with E-state index in [-0.39, 0.29) is 6.61 Å². The van der Waals surface area contributed by atoms with Gasteiger partial charge in [-0.1, -0.05) is 41.9 Å². The van der Waals surface area contributed by atoms with Crippen LogP contribution in [-0.4, -0.2) is 28.7 Å². The summed E-state index contributed by atoms with van der Waals surface area (Å²) in [6, 6.07) is 14.7. The molecule has 0 aliphatic rings. The van der Waals surface area contributed by atoms with Gasteiger partial charge in [0.1, 0.15) is 18.5 Å². The summed E-state index contributed by atoms with van der Waals surface area (Å²) in [4.78, 5) is 11.2. The van der Waals surface area contributed by atoms with Gasteiger partial charge in [-0.15, -0.1) is 0 Å². The third-order valence-corrected chi connectivity index (χ3v) is 3.93. The van der Waals surface area contributed by atoms with E-state index in [1.54, 1.807) is 18.3 Å². The first kappa shape index (κ1) is 15.6. The van der Waals surface area contributed by atoms with Crippen molar-refractivity contribution in [3.05, 3.63) is 65.3 Å². The summed E-state index contributed by atoms with van der Waals surface area (Å²) in [5, 5.41) is 11.6. The lowest BCUT2D eigenvalue weighted by atomic mass is 10.2. The molecule has 118 valence electrons. The SMILES string of the molecule is O=Cc1cn(C[C@@H](O)COc2ccccc2Cl)c2ccccc12. The van der Waals surface area contributed by atoms with Gasteiger partial charge in [-0.25, -0.2) is 0 Å². The second-order valence-electron chi connectivity index (χ2n) is 5.27. The van der Waals surface area contributed by atoms with Gasteiger partial charge in [0.15, 0.2) is 6.29 Å². The number of aromatic nitrogens is 1. The number of benzene rings is 2.